The van der Waals surface area contributed by atoms with Gasteiger partial charge in [0, 0.05) is 56.3 Å². The summed E-state index contributed by atoms with van der Waals surface area (Å²) >= 11 is 3.51. The Hall–Kier alpha value is -1.22. The normalized spacial score (nSPS) is 11.0. The van der Waals surface area contributed by atoms with Crippen LogP contribution < -0.4 is 10.6 Å². The number of aliphatic imine (C=N–C) groups is 1. The Balaban J connectivity index is 0.00000312. The maximum absolute atomic E-state index is 4.37. The van der Waals surface area contributed by atoms with Gasteiger partial charge in [0.1, 0.15) is 0 Å². The Morgan fingerprint density at radius 1 is 1.24 bits per heavy atom. The van der Waals surface area contributed by atoms with Crippen LogP contribution in [0.4, 0.5) is 5.69 Å². The molecule has 0 aliphatic heterocycles. The fourth-order valence-corrected chi connectivity index (χ4v) is 3.07. The minimum Gasteiger partial charge on any atom is -0.385 e. The molecular formula is C18H27BrIN5. The second-order valence-corrected chi connectivity index (χ2v) is 6.65. The minimum atomic E-state index is 0. The molecule has 0 aliphatic carbocycles. The standard InChI is InChI=1S/C18H26BrN5.HI/c1-20-18(24(3)14-17-12-15(19)13-23(17)2)22-11-7-10-21-16-8-5-4-6-9-16;/h4-6,8-9,12-13,21H,7,10-11,14H2,1-3H3,(H,20,22);1H. The fraction of sp³-hybridized carbons (Fsp3) is 0.389. The highest BCUT2D eigenvalue weighted by Crippen LogP contribution is 2.14. The molecule has 0 spiro atoms. The second kappa shape index (κ2) is 11.4. The van der Waals surface area contributed by atoms with E-state index in [1.165, 1.54) is 5.69 Å². The molecule has 7 heteroatoms. The molecule has 0 amide bonds. The molecule has 0 saturated heterocycles. The summed E-state index contributed by atoms with van der Waals surface area (Å²) in [5, 5.41) is 6.83. The zero-order chi connectivity index (χ0) is 17.4. The van der Waals surface area contributed by atoms with Crippen LogP contribution in [-0.4, -0.2) is 42.6 Å². The summed E-state index contributed by atoms with van der Waals surface area (Å²) in [6.07, 6.45) is 3.09. The molecule has 2 rings (SSSR count). The summed E-state index contributed by atoms with van der Waals surface area (Å²) in [7, 11) is 5.93. The molecular weight excluding hydrogens is 493 g/mol. The molecule has 0 atom stereocenters. The van der Waals surface area contributed by atoms with Crippen molar-refractivity contribution in [2.45, 2.75) is 13.0 Å². The van der Waals surface area contributed by atoms with Crippen molar-refractivity contribution in [2.24, 2.45) is 12.0 Å². The molecule has 2 aromatic rings. The van der Waals surface area contributed by atoms with Crippen molar-refractivity contribution in [3.63, 3.8) is 0 Å². The van der Waals surface area contributed by atoms with E-state index in [1.807, 2.05) is 25.2 Å². The van der Waals surface area contributed by atoms with Gasteiger partial charge in [-0.15, -0.1) is 24.0 Å². The van der Waals surface area contributed by atoms with E-state index in [0.717, 1.165) is 42.2 Å². The predicted molar refractivity (Wildman–Crippen MR) is 121 cm³/mol. The van der Waals surface area contributed by atoms with Gasteiger partial charge in [0.25, 0.3) is 0 Å². The van der Waals surface area contributed by atoms with Gasteiger partial charge in [-0.25, -0.2) is 0 Å². The average molecular weight is 520 g/mol. The van der Waals surface area contributed by atoms with Gasteiger partial charge < -0.3 is 20.1 Å². The highest BCUT2D eigenvalue weighted by Gasteiger charge is 2.09. The molecule has 25 heavy (non-hydrogen) atoms. The summed E-state index contributed by atoms with van der Waals surface area (Å²) in [6.45, 7) is 2.63. The average Bonchev–Trinajstić information content (AvgIpc) is 2.89. The SMILES string of the molecule is CN=C(NCCCNc1ccccc1)N(C)Cc1cc(Br)cn1C.I. The van der Waals surface area contributed by atoms with Crippen LogP contribution in [0.3, 0.4) is 0 Å². The van der Waals surface area contributed by atoms with Crippen LogP contribution >= 0.6 is 39.9 Å². The number of guanidine groups is 1. The Morgan fingerprint density at radius 3 is 2.56 bits per heavy atom. The molecule has 0 bridgehead atoms. The first-order valence-corrected chi connectivity index (χ1v) is 8.91. The smallest absolute Gasteiger partial charge is 0.193 e. The first-order chi connectivity index (χ1) is 11.6. The summed E-state index contributed by atoms with van der Waals surface area (Å²) in [6, 6.07) is 12.4. The lowest BCUT2D eigenvalue weighted by molar-refractivity contribution is 0.461. The number of anilines is 1. The topological polar surface area (TPSA) is 44.6 Å². The zero-order valence-electron chi connectivity index (χ0n) is 15.0. The lowest BCUT2D eigenvalue weighted by atomic mass is 10.3. The molecule has 1 heterocycles. The Kier molecular flexibility index (Phi) is 9.96. The maximum Gasteiger partial charge on any atom is 0.193 e. The van der Waals surface area contributed by atoms with Crippen molar-refractivity contribution in [1.29, 1.82) is 0 Å². The van der Waals surface area contributed by atoms with Crippen molar-refractivity contribution in [3.8, 4) is 0 Å². The summed E-state index contributed by atoms with van der Waals surface area (Å²) in [4.78, 5) is 6.50. The number of hydrogen-bond acceptors (Lipinski definition) is 2. The van der Waals surface area contributed by atoms with Crippen molar-refractivity contribution in [2.75, 3.05) is 32.5 Å². The number of nitrogens with zero attached hydrogens (tertiary/aromatic N) is 3. The van der Waals surface area contributed by atoms with Crippen LogP contribution in [0.25, 0.3) is 0 Å². The Bertz CT molecular complexity index is 657. The molecule has 138 valence electrons. The third-order valence-corrected chi connectivity index (χ3v) is 4.22. The third-order valence-electron chi connectivity index (χ3n) is 3.79. The molecule has 1 aromatic carbocycles. The van der Waals surface area contributed by atoms with Crippen molar-refractivity contribution < 1.29 is 0 Å². The monoisotopic (exact) mass is 519 g/mol. The van der Waals surface area contributed by atoms with Gasteiger partial charge in [0.05, 0.1) is 6.54 Å². The van der Waals surface area contributed by atoms with Gasteiger partial charge in [-0.3, -0.25) is 4.99 Å². The van der Waals surface area contributed by atoms with E-state index < -0.39 is 0 Å². The van der Waals surface area contributed by atoms with Crippen molar-refractivity contribution in [1.82, 2.24) is 14.8 Å². The van der Waals surface area contributed by atoms with Crippen LogP contribution in [0.2, 0.25) is 0 Å². The quantitative estimate of drug-likeness (QED) is 0.252. The van der Waals surface area contributed by atoms with Gasteiger partial charge in [0.15, 0.2) is 5.96 Å². The number of nitrogens with one attached hydrogen (secondary N) is 2. The Labute approximate surface area is 176 Å². The molecule has 0 saturated carbocycles. The number of aromatic nitrogens is 1. The molecule has 0 aliphatic rings. The van der Waals surface area contributed by atoms with Crippen LogP contribution in [-0.2, 0) is 13.6 Å². The number of benzene rings is 1. The van der Waals surface area contributed by atoms with E-state index in [-0.39, 0.29) is 24.0 Å². The first kappa shape index (κ1) is 21.8. The van der Waals surface area contributed by atoms with E-state index in [2.05, 4.69) is 79.5 Å². The fourth-order valence-electron chi connectivity index (χ4n) is 2.50. The van der Waals surface area contributed by atoms with Crippen LogP contribution in [0.5, 0.6) is 0 Å². The summed E-state index contributed by atoms with van der Waals surface area (Å²) in [5.41, 5.74) is 2.39. The van der Waals surface area contributed by atoms with Crippen LogP contribution in [0.15, 0.2) is 52.1 Å². The van der Waals surface area contributed by atoms with Gasteiger partial charge in [0.2, 0.25) is 0 Å². The highest BCUT2D eigenvalue weighted by atomic mass is 127. The maximum atomic E-state index is 4.37. The lowest BCUT2D eigenvalue weighted by Crippen LogP contribution is -2.39. The molecule has 2 N–H and O–H groups in total. The number of halogens is 2. The van der Waals surface area contributed by atoms with Gasteiger partial charge >= 0.3 is 0 Å². The van der Waals surface area contributed by atoms with Crippen LogP contribution in [0.1, 0.15) is 12.1 Å². The Morgan fingerprint density at radius 2 is 1.96 bits per heavy atom. The molecule has 0 unspecified atom stereocenters. The van der Waals surface area contributed by atoms with E-state index >= 15 is 0 Å². The van der Waals surface area contributed by atoms with E-state index in [1.54, 1.807) is 0 Å². The second-order valence-electron chi connectivity index (χ2n) is 5.74. The molecule has 0 radical (unpaired) electrons. The molecule has 1 aromatic heterocycles. The van der Waals surface area contributed by atoms with Gasteiger partial charge in [-0.2, -0.15) is 0 Å². The molecule has 5 nitrogen and oxygen atoms in total. The summed E-state index contributed by atoms with van der Waals surface area (Å²) < 4.78 is 3.22. The van der Waals surface area contributed by atoms with Gasteiger partial charge in [-0.1, -0.05) is 18.2 Å². The number of para-hydroxylation sites is 1. The van der Waals surface area contributed by atoms with Gasteiger partial charge in [-0.05, 0) is 40.5 Å². The van der Waals surface area contributed by atoms with E-state index in [4.69, 9.17) is 0 Å². The number of hydrogen-bond donors (Lipinski definition) is 2. The van der Waals surface area contributed by atoms with Crippen molar-refractivity contribution >= 4 is 51.6 Å². The van der Waals surface area contributed by atoms with Crippen molar-refractivity contribution in [3.05, 3.63) is 52.8 Å². The lowest BCUT2D eigenvalue weighted by Gasteiger charge is -2.22. The largest absolute Gasteiger partial charge is 0.385 e. The first-order valence-electron chi connectivity index (χ1n) is 8.11. The van der Waals surface area contributed by atoms with E-state index in [9.17, 15) is 0 Å². The molecule has 0 fully saturated rings. The number of aryl methyl sites for hydroxylation is 1. The number of rotatable bonds is 7. The predicted octanol–water partition coefficient (Wildman–Crippen LogP) is 3.92. The van der Waals surface area contributed by atoms with E-state index in [0.29, 0.717) is 0 Å². The highest BCUT2D eigenvalue weighted by molar-refractivity contribution is 14.0. The zero-order valence-corrected chi connectivity index (χ0v) is 18.9. The third kappa shape index (κ3) is 7.27. The minimum absolute atomic E-state index is 0. The summed E-state index contributed by atoms with van der Waals surface area (Å²) in [5.74, 6) is 0.909. The van der Waals surface area contributed by atoms with Crippen LogP contribution in [0, 0.1) is 0 Å².